The molecule has 2 fully saturated rings. The summed E-state index contributed by atoms with van der Waals surface area (Å²) in [6.45, 7) is 6.71. The van der Waals surface area contributed by atoms with Crippen molar-refractivity contribution in [3.05, 3.63) is 0 Å². The van der Waals surface area contributed by atoms with Gasteiger partial charge in [0.2, 0.25) is 11.8 Å². The van der Waals surface area contributed by atoms with Crippen molar-refractivity contribution >= 4 is 11.8 Å². The zero-order valence-electron chi connectivity index (χ0n) is 10.6. The second kappa shape index (κ2) is 4.64. The molecule has 0 saturated carbocycles. The highest BCUT2D eigenvalue weighted by Gasteiger charge is 2.33. The number of likely N-dealkylation sites (tertiary alicyclic amines) is 1. The largest absolute Gasteiger partial charge is 0.353 e. The SMILES string of the molecule is CC1(C)CCCN(C(=O)C2CNC(=O)CN2)C1. The molecule has 0 aromatic carbocycles. The minimum Gasteiger partial charge on any atom is -0.353 e. The molecule has 5 nitrogen and oxygen atoms in total. The van der Waals surface area contributed by atoms with E-state index < -0.39 is 0 Å². The number of carbonyl (C=O) groups excluding carboxylic acids is 2. The first kappa shape index (κ1) is 12.4. The van der Waals surface area contributed by atoms with Gasteiger partial charge < -0.3 is 10.2 Å². The third-order valence-corrected chi connectivity index (χ3v) is 3.52. The number of nitrogens with one attached hydrogen (secondary N) is 2. The van der Waals surface area contributed by atoms with E-state index in [4.69, 9.17) is 0 Å². The molecule has 0 spiro atoms. The third kappa shape index (κ3) is 2.97. The smallest absolute Gasteiger partial charge is 0.241 e. The van der Waals surface area contributed by atoms with Gasteiger partial charge in [0.05, 0.1) is 6.54 Å². The topological polar surface area (TPSA) is 61.4 Å². The predicted octanol–water partition coefficient (Wildman–Crippen LogP) is -0.277. The van der Waals surface area contributed by atoms with E-state index >= 15 is 0 Å². The maximum Gasteiger partial charge on any atom is 0.241 e. The van der Waals surface area contributed by atoms with Gasteiger partial charge in [-0.15, -0.1) is 0 Å². The Morgan fingerprint density at radius 2 is 2.24 bits per heavy atom. The van der Waals surface area contributed by atoms with Crippen molar-refractivity contribution in [2.45, 2.75) is 32.7 Å². The maximum absolute atomic E-state index is 12.3. The van der Waals surface area contributed by atoms with Gasteiger partial charge in [-0.25, -0.2) is 0 Å². The summed E-state index contributed by atoms with van der Waals surface area (Å²) >= 11 is 0. The quantitative estimate of drug-likeness (QED) is 0.662. The number of piperazine rings is 1. The lowest BCUT2D eigenvalue weighted by atomic mass is 9.84. The number of amides is 2. The summed E-state index contributed by atoms with van der Waals surface area (Å²) in [7, 11) is 0. The van der Waals surface area contributed by atoms with E-state index in [1.165, 1.54) is 6.42 Å². The van der Waals surface area contributed by atoms with E-state index in [0.29, 0.717) is 6.54 Å². The molecule has 2 amide bonds. The lowest BCUT2D eigenvalue weighted by Crippen LogP contribution is -2.60. The van der Waals surface area contributed by atoms with Gasteiger partial charge in [0, 0.05) is 19.6 Å². The first-order valence-electron chi connectivity index (χ1n) is 6.27. The maximum atomic E-state index is 12.3. The highest BCUT2D eigenvalue weighted by molar-refractivity contribution is 5.86. The van der Waals surface area contributed by atoms with Crippen LogP contribution in [0.5, 0.6) is 0 Å². The Labute approximate surface area is 102 Å². The summed E-state index contributed by atoms with van der Waals surface area (Å²) in [5, 5.41) is 5.71. The van der Waals surface area contributed by atoms with Gasteiger partial charge in [-0.05, 0) is 18.3 Å². The van der Waals surface area contributed by atoms with Gasteiger partial charge in [0.15, 0.2) is 0 Å². The number of hydrogen-bond acceptors (Lipinski definition) is 3. The fraction of sp³-hybridized carbons (Fsp3) is 0.833. The molecule has 2 heterocycles. The Bertz CT molecular complexity index is 318. The highest BCUT2D eigenvalue weighted by Crippen LogP contribution is 2.28. The van der Waals surface area contributed by atoms with Crippen LogP contribution in [0, 0.1) is 5.41 Å². The van der Waals surface area contributed by atoms with Crippen LogP contribution in [0.25, 0.3) is 0 Å². The highest BCUT2D eigenvalue weighted by atomic mass is 16.2. The predicted molar refractivity (Wildman–Crippen MR) is 64.4 cm³/mol. The van der Waals surface area contributed by atoms with Crippen LogP contribution in [0.2, 0.25) is 0 Å². The zero-order chi connectivity index (χ0) is 12.5. The third-order valence-electron chi connectivity index (χ3n) is 3.52. The van der Waals surface area contributed by atoms with Crippen molar-refractivity contribution in [2.75, 3.05) is 26.2 Å². The second-order valence-corrected chi connectivity index (χ2v) is 5.77. The molecule has 1 unspecified atom stereocenters. The van der Waals surface area contributed by atoms with Crippen LogP contribution < -0.4 is 10.6 Å². The molecule has 2 rings (SSSR count). The summed E-state index contributed by atoms with van der Waals surface area (Å²) in [5.74, 6) is 0.0887. The zero-order valence-corrected chi connectivity index (χ0v) is 10.6. The van der Waals surface area contributed by atoms with Crippen LogP contribution in [-0.2, 0) is 9.59 Å². The van der Waals surface area contributed by atoms with E-state index in [0.717, 1.165) is 19.5 Å². The van der Waals surface area contributed by atoms with Crippen molar-refractivity contribution in [1.29, 1.82) is 0 Å². The first-order valence-corrected chi connectivity index (χ1v) is 6.27. The summed E-state index contributed by atoms with van der Waals surface area (Å²) in [4.78, 5) is 25.2. The van der Waals surface area contributed by atoms with Crippen molar-refractivity contribution in [2.24, 2.45) is 5.41 Å². The lowest BCUT2D eigenvalue weighted by Gasteiger charge is -2.40. The van der Waals surface area contributed by atoms with Gasteiger partial charge in [-0.2, -0.15) is 0 Å². The van der Waals surface area contributed by atoms with E-state index in [1.54, 1.807) is 0 Å². The van der Waals surface area contributed by atoms with Crippen LogP contribution >= 0.6 is 0 Å². The van der Waals surface area contributed by atoms with Crippen LogP contribution in [0.15, 0.2) is 0 Å². The van der Waals surface area contributed by atoms with Gasteiger partial charge in [0.25, 0.3) is 0 Å². The molecule has 1 atom stereocenters. The number of hydrogen-bond donors (Lipinski definition) is 2. The first-order chi connectivity index (χ1) is 7.98. The van der Waals surface area contributed by atoms with Gasteiger partial charge in [-0.3, -0.25) is 14.9 Å². The van der Waals surface area contributed by atoms with Crippen LogP contribution in [0.3, 0.4) is 0 Å². The van der Waals surface area contributed by atoms with E-state index in [1.807, 2.05) is 4.90 Å². The molecule has 0 radical (unpaired) electrons. The molecule has 0 aromatic rings. The van der Waals surface area contributed by atoms with Crippen LogP contribution in [0.4, 0.5) is 0 Å². The molecule has 96 valence electrons. The molecular weight excluding hydrogens is 218 g/mol. The van der Waals surface area contributed by atoms with Crippen molar-refractivity contribution in [3.63, 3.8) is 0 Å². The van der Waals surface area contributed by atoms with Gasteiger partial charge >= 0.3 is 0 Å². The molecule has 2 aliphatic heterocycles. The van der Waals surface area contributed by atoms with Crippen LogP contribution in [0.1, 0.15) is 26.7 Å². The Kier molecular flexibility index (Phi) is 3.38. The summed E-state index contributed by atoms with van der Waals surface area (Å²) in [6, 6.07) is -0.249. The monoisotopic (exact) mass is 239 g/mol. The lowest BCUT2D eigenvalue weighted by molar-refractivity contribution is -0.137. The molecule has 0 aromatic heterocycles. The standard InChI is InChI=1S/C12H21N3O2/c1-12(2)4-3-5-15(8-12)11(17)9-6-14-10(16)7-13-9/h9,13H,3-8H2,1-2H3,(H,14,16). The molecule has 2 N–H and O–H groups in total. The van der Waals surface area contributed by atoms with Crippen LogP contribution in [-0.4, -0.2) is 48.9 Å². The second-order valence-electron chi connectivity index (χ2n) is 5.77. The molecule has 2 aliphatic rings. The minimum atomic E-state index is -0.249. The molecule has 17 heavy (non-hydrogen) atoms. The number of carbonyl (C=O) groups is 2. The van der Waals surface area contributed by atoms with E-state index in [-0.39, 0.29) is 29.8 Å². The molecule has 5 heteroatoms. The van der Waals surface area contributed by atoms with E-state index in [2.05, 4.69) is 24.5 Å². The molecule has 2 saturated heterocycles. The Balaban J connectivity index is 1.93. The molecule has 0 aliphatic carbocycles. The summed E-state index contributed by atoms with van der Waals surface area (Å²) in [5.41, 5.74) is 0.214. The Morgan fingerprint density at radius 3 is 2.82 bits per heavy atom. The summed E-state index contributed by atoms with van der Waals surface area (Å²) in [6.07, 6.45) is 2.24. The number of piperidine rings is 1. The fourth-order valence-corrected chi connectivity index (χ4v) is 2.57. The Hall–Kier alpha value is -1.10. The van der Waals surface area contributed by atoms with Crippen molar-refractivity contribution < 1.29 is 9.59 Å². The van der Waals surface area contributed by atoms with Crippen molar-refractivity contribution in [3.8, 4) is 0 Å². The van der Waals surface area contributed by atoms with Gasteiger partial charge in [-0.1, -0.05) is 13.8 Å². The van der Waals surface area contributed by atoms with E-state index in [9.17, 15) is 9.59 Å². The normalized spacial score (nSPS) is 28.7. The van der Waals surface area contributed by atoms with Gasteiger partial charge in [0.1, 0.15) is 6.04 Å². The molecular formula is C12H21N3O2. The average Bonchev–Trinajstić information content (AvgIpc) is 2.28. The van der Waals surface area contributed by atoms with Crippen molar-refractivity contribution in [1.82, 2.24) is 15.5 Å². The average molecular weight is 239 g/mol. The summed E-state index contributed by atoms with van der Waals surface area (Å²) < 4.78 is 0. The fourth-order valence-electron chi connectivity index (χ4n) is 2.57. The Morgan fingerprint density at radius 1 is 1.47 bits per heavy atom. The molecule has 0 bridgehead atoms. The minimum absolute atomic E-state index is 0.0342. The number of rotatable bonds is 1. The number of nitrogens with zero attached hydrogens (tertiary/aromatic N) is 1.